The van der Waals surface area contributed by atoms with Gasteiger partial charge in [0.2, 0.25) is 0 Å². The zero-order chi connectivity index (χ0) is 13.8. The van der Waals surface area contributed by atoms with Crippen LogP contribution in [0.3, 0.4) is 0 Å². The third kappa shape index (κ3) is 3.69. The lowest BCUT2D eigenvalue weighted by atomic mass is 9.69. The van der Waals surface area contributed by atoms with Crippen LogP contribution in [0.1, 0.15) is 59.8 Å². The van der Waals surface area contributed by atoms with Crippen molar-refractivity contribution in [2.75, 3.05) is 7.11 Å². The first-order valence-electron chi connectivity index (χ1n) is 7.44. The van der Waals surface area contributed by atoms with Crippen LogP contribution in [0.15, 0.2) is 0 Å². The number of hydrazine groups is 1. The van der Waals surface area contributed by atoms with Crippen LogP contribution in [0, 0.1) is 17.3 Å². The minimum atomic E-state index is 0.113. The Morgan fingerprint density at radius 3 is 2.33 bits per heavy atom. The van der Waals surface area contributed by atoms with E-state index in [0.29, 0.717) is 5.92 Å². The average Bonchev–Trinajstić information content (AvgIpc) is 2.34. The van der Waals surface area contributed by atoms with Crippen molar-refractivity contribution < 1.29 is 4.74 Å². The molecular formula is C15H32N2O. The van der Waals surface area contributed by atoms with Gasteiger partial charge in [0.15, 0.2) is 0 Å². The van der Waals surface area contributed by atoms with E-state index in [2.05, 4.69) is 33.1 Å². The molecule has 0 spiro atoms. The summed E-state index contributed by atoms with van der Waals surface area (Å²) < 4.78 is 5.77. The van der Waals surface area contributed by atoms with Gasteiger partial charge in [0.1, 0.15) is 0 Å². The van der Waals surface area contributed by atoms with E-state index in [9.17, 15) is 0 Å². The highest BCUT2D eigenvalue weighted by atomic mass is 16.5. The van der Waals surface area contributed by atoms with Gasteiger partial charge >= 0.3 is 0 Å². The van der Waals surface area contributed by atoms with Gasteiger partial charge in [-0.2, -0.15) is 0 Å². The Balaban J connectivity index is 2.85. The van der Waals surface area contributed by atoms with E-state index < -0.39 is 0 Å². The molecule has 0 aliphatic heterocycles. The quantitative estimate of drug-likeness (QED) is 0.587. The summed E-state index contributed by atoms with van der Waals surface area (Å²) in [6.07, 6.45) is 6.76. The van der Waals surface area contributed by atoms with Crippen molar-refractivity contribution in [1.82, 2.24) is 5.43 Å². The molecule has 3 heteroatoms. The summed E-state index contributed by atoms with van der Waals surface area (Å²) in [6, 6.07) is 0.264. The van der Waals surface area contributed by atoms with Crippen molar-refractivity contribution in [3.8, 4) is 0 Å². The molecule has 3 nitrogen and oxygen atoms in total. The summed E-state index contributed by atoms with van der Waals surface area (Å²) in [6.45, 7) is 9.00. The van der Waals surface area contributed by atoms with Crippen LogP contribution in [0.2, 0.25) is 0 Å². The molecule has 0 bridgehead atoms. The minimum absolute atomic E-state index is 0.113. The molecule has 18 heavy (non-hydrogen) atoms. The number of nitrogens with two attached hydrogens (primary N) is 1. The monoisotopic (exact) mass is 256 g/mol. The lowest BCUT2D eigenvalue weighted by Crippen LogP contribution is -2.56. The van der Waals surface area contributed by atoms with Gasteiger partial charge in [-0.25, -0.2) is 0 Å². The Bertz CT molecular complexity index is 237. The third-order valence-corrected chi connectivity index (χ3v) is 4.58. The van der Waals surface area contributed by atoms with E-state index in [0.717, 1.165) is 5.92 Å². The number of methoxy groups -OCH3 is 1. The van der Waals surface area contributed by atoms with Crippen molar-refractivity contribution in [3.63, 3.8) is 0 Å². The lowest BCUT2D eigenvalue weighted by Gasteiger charge is -2.44. The molecule has 1 fully saturated rings. The normalized spacial score (nSPS) is 29.0. The maximum atomic E-state index is 5.86. The second-order valence-electron chi connectivity index (χ2n) is 6.83. The van der Waals surface area contributed by atoms with Crippen molar-refractivity contribution in [1.29, 1.82) is 0 Å². The van der Waals surface area contributed by atoms with Crippen molar-refractivity contribution >= 4 is 0 Å². The number of nitrogens with one attached hydrogen (secondary N) is 1. The number of hydrogen-bond donors (Lipinski definition) is 2. The van der Waals surface area contributed by atoms with Crippen molar-refractivity contribution in [3.05, 3.63) is 0 Å². The summed E-state index contributed by atoms with van der Waals surface area (Å²) in [5, 5.41) is 0. The Labute approximate surface area is 113 Å². The molecule has 0 aromatic rings. The van der Waals surface area contributed by atoms with Gasteiger partial charge in [0.25, 0.3) is 0 Å². The van der Waals surface area contributed by atoms with Gasteiger partial charge in [0.05, 0.1) is 12.1 Å². The molecule has 4 atom stereocenters. The highest BCUT2D eigenvalue weighted by Crippen LogP contribution is 2.38. The minimum Gasteiger partial charge on any atom is -0.379 e. The molecule has 1 saturated carbocycles. The molecule has 0 heterocycles. The summed E-state index contributed by atoms with van der Waals surface area (Å²) in [4.78, 5) is 0. The van der Waals surface area contributed by atoms with E-state index in [1.807, 2.05) is 7.11 Å². The number of rotatable bonds is 5. The van der Waals surface area contributed by atoms with Gasteiger partial charge in [-0.05, 0) is 23.7 Å². The van der Waals surface area contributed by atoms with Crippen LogP contribution in [0.25, 0.3) is 0 Å². The molecule has 1 aliphatic carbocycles. The van der Waals surface area contributed by atoms with Crippen LogP contribution in [0.5, 0.6) is 0 Å². The Hall–Kier alpha value is -0.120. The van der Waals surface area contributed by atoms with E-state index in [-0.39, 0.29) is 17.6 Å². The summed E-state index contributed by atoms with van der Waals surface area (Å²) >= 11 is 0. The molecule has 0 aromatic heterocycles. The van der Waals surface area contributed by atoms with Gasteiger partial charge in [-0.15, -0.1) is 0 Å². The smallest absolute Gasteiger partial charge is 0.0788 e. The highest BCUT2D eigenvalue weighted by Gasteiger charge is 2.40. The van der Waals surface area contributed by atoms with E-state index in [4.69, 9.17) is 10.6 Å². The molecule has 3 N–H and O–H groups in total. The molecular weight excluding hydrogens is 224 g/mol. The molecule has 0 aromatic carbocycles. The fourth-order valence-electron chi connectivity index (χ4n) is 3.69. The Morgan fingerprint density at radius 2 is 1.89 bits per heavy atom. The first kappa shape index (κ1) is 15.9. The lowest BCUT2D eigenvalue weighted by molar-refractivity contribution is -0.0405. The van der Waals surface area contributed by atoms with E-state index in [1.54, 1.807) is 0 Å². The molecule has 1 aliphatic rings. The molecule has 0 saturated heterocycles. The van der Waals surface area contributed by atoms with Crippen molar-refractivity contribution in [2.45, 2.75) is 71.9 Å². The highest BCUT2D eigenvalue weighted by molar-refractivity contribution is 4.93. The predicted molar refractivity (Wildman–Crippen MR) is 77.1 cm³/mol. The third-order valence-electron chi connectivity index (χ3n) is 4.58. The standard InChI is InChI=1S/C15H32N2O/c1-6-11-9-7-8-10-12(11)13(17-16)14(18-5)15(2,3)4/h11-14,17H,6-10,16H2,1-5H3. The molecule has 0 radical (unpaired) electrons. The topological polar surface area (TPSA) is 47.3 Å². The fourth-order valence-corrected chi connectivity index (χ4v) is 3.69. The van der Waals surface area contributed by atoms with Crippen molar-refractivity contribution in [2.24, 2.45) is 23.1 Å². The van der Waals surface area contributed by atoms with Crippen LogP contribution in [-0.4, -0.2) is 19.3 Å². The molecule has 4 unspecified atom stereocenters. The van der Waals surface area contributed by atoms with Crippen LogP contribution in [-0.2, 0) is 4.74 Å². The maximum absolute atomic E-state index is 5.86. The Kier molecular flexibility index (Phi) is 6.09. The first-order chi connectivity index (χ1) is 8.45. The maximum Gasteiger partial charge on any atom is 0.0788 e. The molecule has 1 rings (SSSR count). The molecule has 0 amide bonds. The van der Waals surface area contributed by atoms with Crippen LogP contribution >= 0.6 is 0 Å². The Morgan fingerprint density at radius 1 is 1.28 bits per heavy atom. The van der Waals surface area contributed by atoms with Crippen LogP contribution < -0.4 is 11.3 Å². The zero-order valence-corrected chi connectivity index (χ0v) is 12.8. The first-order valence-corrected chi connectivity index (χ1v) is 7.44. The van der Waals surface area contributed by atoms with Gasteiger partial charge in [0, 0.05) is 7.11 Å². The number of ether oxygens (including phenoxy) is 1. The summed E-state index contributed by atoms with van der Waals surface area (Å²) in [5.41, 5.74) is 3.18. The zero-order valence-electron chi connectivity index (χ0n) is 12.8. The van der Waals surface area contributed by atoms with E-state index >= 15 is 0 Å². The second-order valence-corrected chi connectivity index (χ2v) is 6.83. The van der Waals surface area contributed by atoms with Gasteiger partial charge < -0.3 is 4.74 Å². The number of hydrogen-bond acceptors (Lipinski definition) is 3. The predicted octanol–water partition coefficient (Wildman–Crippen LogP) is 3.10. The second kappa shape index (κ2) is 6.88. The average molecular weight is 256 g/mol. The van der Waals surface area contributed by atoms with Gasteiger partial charge in [-0.1, -0.05) is 53.4 Å². The molecule has 108 valence electrons. The van der Waals surface area contributed by atoms with E-state index in [1.165, 1.54) is 32.1 Å². The summed E-state index contributed by atoms with van der Waals surface area (Å²) in [5.74, 6) is 7.31. The largest absolute Gasteiger partial charge is 0.379 e. The van der Waals surface area contributed by atoms with Gasteiger partial charge in [-0.3, -0.25) is 11.3 Å². The summed E-state index contributed by atoms with van der Waals surface area (Å²) in [7, 11) is 1.81. The van der Waals surface area contributed by atoms with Crippen LogP contribution in [0.4, 0.5) is 0 Å². The SMILES string of the molecule is CCC1CCCCC1C(NN)C(OC)C(C)(C)C. The fraction of sp³-hybridized carbons (Fsp3) is 1.00.